The van der Waals surface area contributed by atoms with Gasteiger partial charge in [-0.15, -0.1) is 0 Å². The van der Waals surface area contributed by atoms with E-state index in [4.69, 9.17) is 18.9 Å². The first-order valence-electron chi connectivity index (χ1n) is 11.6. The van der Waals surface area contributed by atoms with Crippen LogP contribution in [-0.4, -0.2) is 66.4 Å². The zero-order valence-electron chi connectivity index (χ0n) is 19.5. The van der Waals surface area contributed by atoms with Gasteiger partial charge in [-0.3, -0.25) is 4.98 Å². The molecule has 3 aromatic heterocycles. The number of pyridine rings is 2. The van der Waals surface area contributed by atoms with Gasteiger partial charge in [-0.05, 0) is 37.6 Å². The Hall–Kier alpha value is -3.36. The summed E-state index contributed by atoms with van der Waals surface area (Å²) in [6.45, 7) is 7.80. The van der Waals surface area contributed by atoms with Crippen molar-refractivity contribution in [3.63, 3.8) is 0 Å². The van der Waals surface area contributed by atoms with Crippen molar-refractivity contribution in [1.29, 1.82) is 0 Å². The molecule has 0 unspecified atom stereocenters. The quantitative estimate of drug-likeness (QED) is 0.392. The minimum atomic E-state index is 0.455. The van der Waals surface area contributed by atoms with Crippen LogP contribution in [0.1, 0.15) is 12.1 Å². The third-order valence-corrected chi connectivity index (χ3v) is 6.61. The number of benzene rings is 1. The van der Waals surface area contributed by atoms with E-state index in [1.165, 1.54) is 0 Å². The summed E-state index contributed by atoms with van der Waals surface area (Å²) >= 11 is 0. The third kappa shape index (κ3) is 3.93. The number of aromatic nitrogens is 3. The highest BCUT2D eigenvalue weighted by atomic mass is 16.5. The van der Waals surface area contributed by atoms with Crippen LogP contribution < -0.4 is 14.2 Å². The van der Waals surface area contributed by atoms with E-state index in [1.807, 2.05) is 37.3 Å². The van der Waals surface area contributed by atoms with Gasteiger partial charge < -0.3 is 28.8 Å². The van der Waals surface area contributed by atoms with Crippen LogP contribution in [-0.2, 0) is 4.74 Å². The molecule has 0 aliphatic carbocycles. The molecule has 8 heteroatoms. The van der Waals surface area contributed by atoms with E-state index < -0.39 is 0 Å². The zero-order valence-corrected chi connectivity index (χ0v) is 19.5. The molecule has 0 radical (unpaired) electrons. The Bertz CT molecular complexity index is 1340. The number of nitrogens with zero attached hydrogens (tertiary/aromatic N) is 3. The molecular weight excluding hydrogens is 432 g/mol. The first kappa shape index (κ1) is 21.2. The lowest BCUT2D eigenvalue weighted by Crippen LogP contribution is -2.65. The number of likely N-dealkylation sites (tertiary alicyclic amines) is 1. The van der Waals surface area contributed by atoms with Gasteiger partial charge >= 0.3 is 0 Å². The smallest absolute Gasteiger partial charge is 0.163 e. The topological polar surface area (TPSA) is 81.7 Å². The lowest BCUT2D eigenvalue weighted by molar-refractivity contribution is -0.189. The first-order chi connectivity index (χ1) is 16.6. The molecule has 2 saturated heterocycles. The second-order valence-electron chi connectivity index (χ2n) is 9.40. The van der Waals surface area contributed by atoms with Gasteiger partial charge in [0.15, 0.2) is 11.5 Å². The molecule has 0 bridgehead atoms. The Balaban J connectivity index is 1.15. The molecule has 0 atom stereocenters. The van der Waals surface area contributed by atoms with E-state index in [0.717, 1.165) is 66.9 Å². The third-order valence-electron chi connectivity index (χ3n) is 6.61. The van der Waals surface area contributed by atoms with Crippen molar-refractivity contribution in [1.82, 2.24) is 19.9 Å². The van der Waals surface area contributed by atoms with Gasteiger partial charge in [0.1, 0.15) is 17.1 Å². The summed E-state index contributed by atoms with van der Waals surface area (Å²) in [5.41, 5.74) is 3.15. The molecule has 2 fully saturated rings. The fraction of sp³-hybridized carbons (Fsp3) is 0.385. The monoisotopic (exact) mass is 460 g/mol. The summed E-state index contributed by atoms with van der Waals surface area (Å²) < 4.78 is 23.3. The van der Waals surface area contributed by atoms with Crippen molar-refractivity contribution in [2.45, 2.75) is 13.3 Å². The number of aryl methyl sites for hydroxylation is 1. The fourth-order valence-corrected chi connectivity index (χ4v) is 4.91. The molecule has 176 valence electrons. The Kier molecular flexibility index (Phi) is 5.27. The maximum absolute atomic E-state index is 6.20. The summed E-state index contributed by atoms with van der Waals surface area (Å²) in [5.74, 6) is 2.71. The average Bonchev–Trinajstić information content (AvgIpc) is 3.15. The van der Waals surface area contributed by atoms with Gasteiger partial charge in [0.25, 0.3) is 0 Å². The van der Waals surface area contributed by atoms with Gasteiger partial charge in [-0.25, -0.2) is 4.98 Å². The Morgan fingerprint density at radius 1 is 1.09 bits per heavy atom. The molecule has 8 nitrogen and oxygen atoms in total. The van der Waals surface area contributed by atoms with E-state index in [2.05, 4.69) is 19.9 Å². The van der Waals surface area contributed by atoms with Crippen molar-refractivity contribution in [2.24, 2.45) is 5.41 Å². The molecule has 1 spiro atoms. The Morgan fingerprint density at radius 2 is 1.97 bits per heavy atom. The zero-order chi connectivity index (χ0) is 23.1. The summed E-state index contributed by atoms with van der Waals surface area (Å²) in [7, 11) is 1.65. The lowest BCUT2D eigenvalue weighted by Gasteiger charge is -2.55. The van der Waals surface area contributed by atoms with Crippen LogP contribution in [0.4, 0.5) is 0 Å². The van der Waals surface area contributed by atoms with Gasteiger partial charge in [0.2, 0.25) is 0 Å². The van der Waals surface area contributed by atoms with Crippen molar-refractivity contribution in [3.8, 4) is 23.0 Å². The number of fused-ring (bicyclic) bond motifs is 2. The number of H-pyrrole nitrogens is 1. The Labute approximate surface area is 197 Å². The van der Waals surface area contributed by atoms with Crippen LogP contribution in [0.5, 0.6) is 23.0 Å². The maximum atomic E-state index is 6.20. The van der Waals surface area contributed by atoms with Gasteiger partial charge in [0, 0.05) is 53.8 Å². The molecule has 2 aliphatic heterocycles. The van der Waals surface area contributed by atoms with Crippen molar-refractivity contribution >= 4 is 21.9 Å². The minimum Gasteiger partial charge on any atom is -0.493 e. The van der Waals surface area contributed by atoms with Crippen LogP contribution in [0.3, 0.4) is 0 Å². The highest BCUT2D eigenvalue weighted by molar-refractivity contribution is 5.88. The molecule has 2 aliphatic rings. The predicted molar refractivity (Wildman–Crippen MR) is 129 cm³/mol. The molecule has 6 rings (SSSR count). The van der Waals surface area contributed by atoms with E-state index in [9.17, 15) is 0 Å². The number of hydrogen-bond donors (Lipinski definition) is 1. The molecule has 4 aromatic rings. The predicted octanol–water partition coefficient (Wildman–Crippen LogP) is 4.32. The molecular formula is C26H28N4O4. The lowest BCUT2D eigenvalue weighted by atomic mass is 9.78. The molecule has 1 aromatic carbocycles. The van der Waals surface area contributed by atoms with Crippen LogP contribution in [0, 0.1) is 12.3 Å². The molecule has 5 heterocycles. The second-order valence-corrected chi connectivity index (χ2v) is 9.40. The maximum Gasteiger partial charge on any atom is 0.163 e. The number of ether oxygens (including phenoxy) is 4. The average molecular weight is 461 g/mol. The van der Waals surface area contributed by atoms with Crippen LogP contribution in [0.25, 0.3) is 21.9 Å². The van der Waals surface area contributed by atoms with Crippen LogP contribution in [0.15, 0.2) is 42.7 Å². The number of aromatic amines is 1. The van der Waals surface area contributed by atoms with Crippen LogP contribution in [0.2, 0.25) is 0 Å². The van der Waals surface area contributed by atoms with E-state index in [1.54, 1.807) is 19.5 Å². The normalized spacial score (nSPS) is 17.0. The molecule has 1 N–H and O–H groups in total. The summed E-state index contributed by atoms with van der Waals surface area (Å²) in [6.07, 6.45) is 4.42. The minimum absolute atomic E-state index is 0.455. The number of nitrogens with one attached hydrogen (secondary N) is 1. The summed E-state index contributed by atoms with van der Waals surface area (Å²) in [5, 5.41) is 1.86. The number of hydrogen-bond acceptors (Lipinski definition) is 7. The SMILES string of the molecule is COc1cc2c(Oc3cnc4[nH]c(C)cc4c3)ccnc2cc1OCCCN1CC2(COC2)C1. The summed E-state index contributed by atoms with van der Waals surface area (Å²) in [6, 6.07) is 9.72. The van der Waals surface area contributed by atoms with Gasteiger partial charge in [-0.2, -0.15) is 0 Å². The largest absolute Gasteiger partial charge is 0.493 e. The molecule has 34 heavy (non-hydrogen) atoms. The van der Waals surface area contributed by atoms with Crippen LogP contribution >= 0.6 is 0 Å². The molecule has 0 saturated carbocycles. The highest BCUT2D eigenvalue weighted by Crippen LogP contribution is 2.38. The van der Waals surface area contributed by atoms with E-state index >= 15 is 0 Å². The van der Waals surface area contributed by atoms with Gasteiger partial charge in [-0.1, -0.05) is 0 Å². The highest BCUT2D eigenvalue weighted by Gasteiger charge is 2.48. The van der Waals surface area contributed by atoms with Gasteiger partial charge in [0.05, 0.1) is 38.6 Å². The Morgan fingerprint density at radius 3 is 2.76 bits per heavy atom. The molecule has 0 amide bonds. The van der Waals surface area contributed by atoms with E-state index in [-0.39, 0.29) is 0 Å². The van der Waals surface area contributed by atoms with Crippen molar-refractivity contribution in [3.05, 3.63) is 48.4 Å². The second kappa shape index (κ2) is 8.45. The number of rotatable bonds is 8. The number of methoxy groups -OCH3 is 1. The van der Waals surface area contributed by atoms with Crippen molar-refractivity contribution in [2.75, 3.05) is 46.6 Å². The van der Waals surface area contributed by atoms with E-state index in [0.29, 0.717) is 35.0 Å². The standard InChI is InChI=1S/C26H28N4O4/c1-17-8-18-9-19(12-28-25(18)29-17)34-22-4-5-27-21-11-24(23(31-2)10-20(21)22)33-7-3-6-30-13-26(14-30)15-32-16-26/h4-5,8-12H,3,6-7,13-16H2,1-2H3,(H,28,29). The fourth-order valence-electron chi connectivity index (χ4n) is 4.91. The van der Waals surface area contributed by atoms with Crippen molar-refractivity contribution < 1.29 is 18.9 Å². The first-order valence-corrected chi connectivity index (χ1v) is 11.6. The summed E-state index contributed by atoms with van der Waals surface area (Å²) in [4.78, 5) is 14.7.